The Morgan fingerprint density at radius 1 is 1.22 bits per heavy atom. The Labute approximate surface area is 108 Å². The van der Waals surface area contributed by atoms with Crippen LogP contribution >= 0.6 is 0 Å². The lowest BCUT2D eigenvalue weighted by Gasteiger charge is -2.16. The number of aryl methyl sites for hydroxylation is 1. The van der Waals surface area contributed by atoms with Crippen LogP contribution in [-0.4, -0.2) is 18.5 Å². The maximum Gasteiger partial charge on any atom is 0.105 e. The lowest BCUT2D eigenvalue weighted by Crippen LogP contribution is -2.20. The Hall–Kier alpha value is -1.74. The highest BCUT2D eigenvalue weighted by atomic mass is 16.3. The molecule has 0 saturated heterocycles. The third-order valence-electron chi connectivity index (χ3n) is 2.94. The van der Waals surface area contributed by atoms with Gasteiger partial charge in [0.25, 0.3) is 0 Å². The number of rotatable bonds is 5. The molecule has 18 heavy (non-hydrogen) atoms. The predicted molar refractivity (Wildman–Crippen MR) is 74.3 cm³/mol. The van der Waals surface area contributed by atoms with Crippen LogP contribution in [0.3, 0.4) is 0 Å². The fraction of sp³-hybridized carbons (Fsp3) is 0.333. The lowest BCUT2D eigenvalue weighted by atomic mass is 10.2. The Balaban J connectivity index is 1.83. The van der Waals surface area contributed by atoms with Crippen LogP contribution in [0.5, 0.6) is 0 Å². The van der Waals surface area contributed by atoms with Crippen LogP contribution in [0.1, 0.15) is 17.1 Å². The molecule has 2 rings (SSSR count). The second kappa shape index (κ2) is 5.74. The van der Waals surface area contributed by atoms with E-state index in [1.165, 1.54) is 5.56 Å². The summed E-state index contributed by atoms with van der Waals surface area (Å²) in [5.74, 6) is 2.02. The number of hydrogen-bond donors (Lipinski definition) is 1. The highest BCUT2D eigenvalue weighted by molar-refractivity contribution is 5.40. The van der Waals surface area contributed by atoms with Gasteiger partial charge < -0.3 is 15.1 Å². The molecule has 1 aromatic heterocycles. The van der Waals surface area contributed by atoms with E-state index in [-0.39, 0.29) is 0 Å². The summed E-state index contributed by atoms with van der Waals surface area (Å²) in [6.45, 7) is 3.85. The first-order chi connectivity index (χ1) is 8.63. The topological polar surface area (TPSA) is 42.4 Å². The molecule has 2 aromatic rings. The first kappa shape index (κ1) is 12.7. The Kier molecular flexibility index (Phi) is 4.05. The normalized spacial score (nSPS) is 11.1. The molecule has 1 aromatic carbocycles. The number of nitrogens with two attached hydrogens (primary N) is 1. The standard InChI is InChI=1S/C15H20N2O/c1-12-6-7-15(18-12)8-9-17(2)11-13-4-3-5-14(16)10-13/h3-7,10H,8-9,11,16H2,1-2H3. The van der Waals surface area contributed by atoms with Crippen molar-refractivity contribution in [2.75, 3.05) is 19.3 Å². The maximum absolute atomic E-state index is 5.77. The molecule has 3 nitrogen and oxygen atoms in total. The largest absolute Gasteiger partial charge is 0.466 e. The number of furan rings is 1. The second-order valence-corrected chi connectivity index (χ2v) is 4.75. The van der Waals surface area contributed by atoms with E-state index in [0.717, 1.165) is 36.7 Å². The number of likely N-dealkylation sites (N-methyl/N-ethyl adjacent to an activating group) is 1. The zero-order valence-corrected chi connectivity index (χ0v) is 11.0. The molecule has 0 amide bonds. The molecule has 0 aliphatic carbocycles. The molecule has 96 valence electrons. The van der Waals surface area contributed by atoms with Crippen molar-refractivity contribution in [2.45, 2.75) is 19.9 Å². The van der Waals surface area contributed by atoms with Crippen LogP contribution in [0.25, 0.3) is 0 Å². The van der Waals surface area contributed by atoms with Crippen LogP contribution in [-0.2, 0) is 13.0 Å². The van der Waals surface area contributed by atoms with Crippen molar-refractivity contribution in [3.63, 3.8) is 0 Å². The fourth-order valence-electron chi connectivity index (χ4n) is 2.00. The van der Waals surface area contributed by atoms with Crippen molar-refractivity contribution in [2.24, 2.45) is 0 Å². The predicted octanol–water partition coefficient (Wildman–Crippen LogP) is 2.84. The van der Waals surface area contributed by atoms with Crippen molar-refractivity contribution in [1.29, 1.82) is 0 Å². The quantitative estimate of drug-likeness (QED) is 0.822. The molecule has 0 aliphatic heterocycles. The van der Waals surface area contributed by atoms with Gasteiger partial charge in [-0.2, -0.15) is 0 Å². The van der Waals surface area contributed by atoms with E-state index in [9.17, 15) is 0 Å². The van der Waals surface area contributed by atoms with E-state index in [1.807, 2.05) is 37.3 Å². The van der Waals surface area contributed by atoms with Crippen molar-refractivity contribution in [1.82, 2.24) is 4.90 Å². The van der Waals surface area contributed by atoms with Crippen molar-refractivity contribution < 1.29 is 4.42 Å². The molecule has 0 radical (unpaired) electrons. The monoisotopic (exact) mass is 244 g/mol. The van der Waals surface area contributed by atoms with Gasteiger partial charge in [-0.1, -0.05) is 12.1 Å². The zero-order chi connectivity index (χ0) is 13.0. The fourth-order valence-corrected chi connectivity index (χ4v) is 2.00. The van der Waals surface area contributed by atoms with Crippen molar-refractivity contribution >= 4 is 5.69 Å². The second-order valence-electron chi connectivity index (χ2n) is 4.75. The minimum absolute atomic E-state index is 0.822. The van der Waals surface area contributed by atoms with Crippen molar-refractivity contribution in [3.05, 3.63) is 53.5 Å². The SMILES string of the molecule is Cc1ccc(CCN(C)Cc2cccc(N)c2)o1. The Bertz CT molecular complexity index is 505. The minimum Gasteiger partial charge on any atom is -0.466 e. The smallest absolute Gasteiger partial charge is 0.105 e. The van der Waals surface area contributed by atoms with Crippen LogP contribution in [0.4, 0.5) is 5.69 Å². The molecule has 0 bridgehead atoms. The maximum atomic E-state index is 5.77. The molecule has 2 N–H and O–H groups in total. The molecule has 0 saturated carbocycles. The first-order valence-corrected chi connectivity index (χ1v) is 6.22. The molecule has 0 unspecified atom stereocenters. The number of anilines is 1. The van der Waals surface area contributed by atoms with E-state index in [1.54, 1.807) is 0 Å². The van der Waals surface area contributed by atoms with Gasteiger partial charge in [-0.3, -0.25) is 0 Å². The molecule has 0 aliphatic rings. The van der Waals surface area contributed by atoms with Gasteiger partial charge >= 0.3 is 0 Å². The first-order valence-electron chi connectivity index (χ1n) is 6.22. The number of nitrogens with zero attached hydrogens (tertiary/aromatic N) is 1. The highest BCUT2D eigenvalue weighted by Gasteiger charge is 2.03. The Morgan fingerprint density at radius 3 is 2.72 bits per heavy atom. The van der Waals surface area contributed by atoms with E-state index in [4.69, 9.17) is 10.2 Å². The number of hydrogen-bond acceptors (Lipinski definition) is 3. The van der Waals surface area contributed by atoms with Crippen LogP contribution < -0.4 is 5.73 Å². The van der Waals surface area contributed by atoms with Gasteiger partial charge in [0.05, 0.1) is 0 Å². The van der Waals surface area contributed by atoms with E-state index < -0.39 is 0 Å². The van der Waals surface area contributed by atoms with E-state index >= 15 is 0 Å². The summed E-state index contributed by atoms with van der Waals surface area (Å²) >= 11 is 0. The lowest BCUT2D eigenvalue weighted by molar-refractivity contribution is 0.319. The average Bonchev–Trinajstić information content (AvgIpc) is 2.73. The Morgan fingerprint density at radius 2 is 2.06 bits per heavy atom. The van der Waals surface area contributed by atoms with Gasteiger partial charge in [0, 0.05) is 25.2 Å². The van der Waals surface area contributed by atoms with Gasteiger partial charge in [0.2, 0.25) is 0 Å². The summed E-state index contributed by atoms with van der Waals surface area (Å²) in [4.78, 5) is 2.27. The highest BCUT2D eigenvalue weighted by Crippen LogP contribution is 2.10. The molecule has 0 atom stereocenters. The third kappa shape index (κ3) is 3.64. The van der Waals surface area contributed by atoms with E-state index in [2.05, 4.69) is 18.0 Å². The minimum atomic E-state index is 0.822. The molecular weight excluding hydrogens is 224 g/mol. The van der Waals surface area contributed by atoms with Gasteiger partial charge in [-0.05, 0) is 43.8 Å². The number of benzene rings is 1. The average molecular weight is 244 g/mol. The van der Waals surface area contributed by atoms with Gasteiger partial charge in [0.15, 0.2) is 0 Å². The summed E-state index contributed by atoms with van der Waals surface area (Å²) in [7, 11) is 2.11. The molecular formula is C15H20N2O. The number of nitrogen functional groups attached to an aromatic ring is 1. The zero-order valence-electron chi connectivity index (χ0n) is 11.0. The van der Waals surface area contributed by atoms with Crippen LogP contribution in [0.2, 0.25) is 0 Å². The van der Waals surface area contributed by atoms with Gasteiger partial charge in [0.1, 0.15) is 11.5 Å². The van der Waals surface area contributed by atoms with E-state index in [0.29, 0.717) is 0 Å². The third-order valence-corrected chi connectivity index (χ3v) is 2.94. The van der Waals surface area contributed by atoms with Gasteiger partial charge in [-0.15, -0.1) is 0 Å². The van der Waals surface area contributed by atoms with Crippen LogP contribution in [0.15, 0.2) is 40.8 Å². The summed E-state index contributed by atoms with van der Waals surface area (Å²) in [5, 5.41) is 0. The molecule has 1 heterocycles. The molecule has 0 spiro atoms. The molecule has 3 heteroatoms. The summed E-state index contributed by atoms with van der Waals surface area (Å²) in [6, 6.07) is 12.1. The van der Waals surface area contributed by atoms with Gasteiger partial charge in [-0.25, -0.2) is 0 Å². The summed E-state index contributed by atoms with van der Waals surface area (Å²) < 4.78 is 5.56. The summed E-state index contributed by atoms with van der Waals surface area (Å²) in [6.07, 6.45) is 0.937. The van der Waals surface area contributed by atoms with Crippen LogP contribution in [0, 0.1) is 6.92 Å². The van der Waals surface area contributed by atoms with Crippen molar-refractivity contribution in [3.8, 4) is 0 Å². The summed E-state index contributed by atoms with van der Waals surface area (Å²) in [5.41, 5.74) is 7.83. The molecule has 0 fully saturated rings.